The largest absolute Gasteiger partial charge is 0.348 e. The fourth-order valence-corrected chi connectivity index (χ4v) is 2.91. The van der Waals surface area contributed by atoms with Crippen LogP contribution in [0, 0.1) is 0 Å². The van der Waals surface area contributed by atoms with Gasteiger partial charge in [0.15, 0.2) is 0 Å². The number of halogens is 1. The predicted molar refractivity (Wildman–Crippen MR) is 86.8 cm³/mol. The Bertz CT molecular complexity index is 627. The van der Waals surface area contributed by atoms with Gasteiger partial charge in [0.1, 0.15) is 10.7 Å². The second-order valence-corrected chi connectivity index (χ2v) is 6.33. The van der Waals surface area contributed by atoms with Crippen molar-refractivity contribution in [3.63, 3.8) is 0 Å². The van der Waals surface area contributed by atoms with E-state index in [0.717, 1.165) is 10.6 Å². The van der Waals surface area contributed by atoms with E-state index in [4.69, 9.17) is 17.3 Å². The van der Waals surface area contributed by atoms with Crippen LogP contribution in [-0.4, -0.2) is 16.9 Å². The lowest BCUT2D eigenvalue weighted by Gasteiger charge is -2.14. The molecular weight excluding hydrogens is 306 g/mol. The molecule has 0 aliphatic rings. The first-order valence-electron chi connectivity index (χ1n) is 6.72. The van der Waals surface area contributed by atoms with E-state index in [2.05, 4.69) is 10.3 Å². The minimum atomic E-state index is -0.183. The standard InChI is InChI=1S/C15H18ClN3OS/c1-9(7-11-5-3-4-6-12(11)16)18-14(20)13-8-21-15(19-13)10(2)17/h3-6,8-10H,7,17H2,1-2H3,(H,18,20). The number of nitrogens with one attached hydrogen (secondary N) is 1. The summed E-state index contributed by atoms with van der Waals surface area (Å²) in [5, 5.41) is 6.14. The third-order valence-electron chi connectivity index (χ3n) is 3.01. The maximum Gasteiger partial charge on any atom is 0.270 e. The van der Waals surface area contributed by atoms with Crippen LogP contribution >= 0.6 is 22.9 Å². The molecule has 112 valence electrons. The molecule has 0 saturated carbocycles. The molecule has 1 aromatic carbocycles. The Morgan fingerprint density at radius 3 is 2.76 bits per heavy atom. The average Bonchev–Trinajstić information content (AvgIpc) is 2.91. The highest BCUT2D eigenvalue weighted by atomic mass is 35.5. The van der Waals surface area contributed by atoms with Crippen molar-refractivity contribution in [1.29, 1.82) is 0 Å². The summed E-state index contributed by atoms with van der Waals surface area (Å²) in [5.74, 6) is -0.183. The van der Waals surface area contributed by atoms with Gasteiger partial charge in [-0.05, 0) is 31.9 Å². The van der Waals surface area contributed by atoms with Crippen molar-refractivity contribution >= 4 is 28.8 Å². The molecule has 0 fully saturated rings. The zero-order valence-electron chi connectivity index (χ0n) is 12.0. The Morgan fingerprint density at radius 2 is 2.14 bits per heavy atom. The topological polar surface area (TPSA) is 68.0 Å². The lowest BCUT2D eigenvalue weighted by Crippen LogP contribution is -2.34. The van der Waals surface area contributed by atoms with Gasteiger partial charge in [-0.2, -0.15) is 0 Å². The maximum absolute atomic E-state index is 12.1. The molecule has 3 N–H and O–H groups in total. The van der Waals surface area contributed by atoms with Crippen molar-refractivity contribution in [3.8, 4) is 0 Å². The molecule has 4 nitrogen and oxygen atoms in total. The van der Waals surface area contributed by atoms with Gasteiger partial charge in [-0.25, -0.2) is 4.98 Å². The Hall–Kier alpha value is -1.43. The van der Waals surface area contributed by atoms with Crippen molar-refractivity contribution in [1.82, 2.24) is 10.3 Å². The van der Waals surface area contributed by atoms with Crippen LogP contribution in [0.3, 0.4) is 0 Å². The highest BCUT2D eigenvalue weighted by Crippen LogP contribution is 2.18. The van der Waals surface area contributed by atoms with Gasteiger partial charge >= 0.3 is 0 Å². The molecule has 1 aromatic heterocycles. The van der Waals surface area contributed by atoms with Gasteiger partial charge in [0.25, 0.3) is 5.91 Å². The van der Waals surface area contributed by atoms with Crippen LogP contribution in [0.15, 0.2) is 29.6 Å². The molecule has 6 heteroatoms. The molecule has 2 atom stereocenters. The van der Waals surface area contributed by atoms with Crippen LogP contribution in [0.25, 0.3) is 0 Å². The number of nitrogens with two attached hydrogens (primary N) is 1. The SMILES string of the molecule is CC(Cc1ccccc1Cl)NC(=O)c1csc(C(C)N)n1. The van der Waals surface area contributed by atoms with Crippen molar-refractivity contribution in [2.45, 2.75) is 32.4 Å². The number of nitrogens with zero attached hydrogens (tertiary/aromatic N) is 1. The van der Waals surface area contributed by atoms with Crippen LogP contribution in [0.4, 0.5) is 0 Å². The average molecular weight is 324 g/mol. The maximum atomic E-state index is 12.1. The molecule has 0 aliphatic carbocycles. The number of hydrogen-bond donors (Lipinski definition) is 2. The molecule has 1 heterocycles. The first-order chi connectivity index (χ1) is 9.97. The van der Waals surface area contributed by atoms with Gasteiger partial charge in [0.2, 0.25) is 0 Å². The summed E-state index contributed by atoms with van der Waals surface area (Å²) < 4.78 is 0. The summed E-state index contributed by atoms with van der Waals surface area (Å²) in [4.78, 5) is 16.4. The highest BCUT2D eigenvalue weighted by molar-refractivity contribution is 7.09. The Morgan fingerprint density at radius 1 is 1.43 bits per heavy atom. The summed E-state index contributed by atoms with van der Waals surface area (Å²) in [6.45, 7) is 3.79. The molecule has 0 aliphatic heterocycles. The summed E-state index contributed by atoms with van der Waals surface area (Å²) >= 11 is 7.52. The van der Waals surface area contributed by atoms with E-state index < -0.39 is 0 Å². The van der Waals surface area contributed by atoms with Gasteiger partial charge < -0.3 is 11.1 Å². The zero-order valence-corrected chi connectivity index (χ0v) is 13.5. The number of amides is 1. The fraction of sp³-hybridized carbons (Fsp3) is 0.333. The number of aromatic nitrogens is 1. The molecule has 2 rings (SSSR count). The number of carbonyl (C=O) groups is 1. The smallest absolute Gasteiger partial charge is 0.270 e. The van der Waals surface area contributed by atoms with Gasteiger partial charge in [0, 0.05) is 16.4 Å². The van der Waals surface area contributed by atoms with Crippen LogP contribution in [0.5, 0.6) is 0 Å². The van der Waals surface area contributed by atoms with Crippen LogP contribution in [0.2, 0.25) is 5.02 Å². The molecule has 0 radical (unpaired) electrons. The second-order valence-electron chi connectivity index (χ2n) is 5.03. The quantitative estimate of drug-likeness (QED) is 0.888. The molecule has 0 bridgehead atoms. The minimum Gasteiger partial charge on any atom is -0.348 e. The summed E-state index contributed by atoms with van der Waals surface area (Å²) in [7, 11) is 0. The Labute approximate surface area is 133 Å². The van der Waals surface area contributed by atoms with Crippen LogP contribution in [0.1, 0.15) is 40.9 Å². The number of carbonyl (C=O) groups excluding carboxylic acids is 1. The molecule has 2 unspecified atom stereocenters. The number of hydrogen-bond acceptors (Lipinski definition) is 4. The van der Waals surface area contributed by atoms with Crippen molar-refractivity contribution in [2.24, 2.45) is 5.73 Å². The molecular formula is C15H18ClN3OS. The minimum absolute atomic E-state index is 0.0298. The van der Waals surface area contributed by atoms with Crippen LogP contribution in [-0.2, 0) is 6.42 Å². The summed E-state index contributed by atoms with van der Waals surface area (Å²) in [6, 6.07) is 7.45. The van der Waals surface area contributed by atoms with E-state index >= 15 is 0 Å². The van der Waals surface area contributed by atoms with E-state index in [9.17, 15) is 4.79 Å². The fourth-order valence-electron chi connectivity index (χ4n) is 1.94. The monoisotopic (exact) mass is 323 g/mol. The summed E-state index contributed by atoms with van der Waals surface area (Å²) in [6.07, 6.45) is 0.676. The number of benzene rings is 1. The second kappa shape index (κ2) is 7.02. The lowest BCUT2D eigenvalue weighted by atomic mass is 10.1. The van der Waals surface area contributed by atoms with Crippen molar-refractivity contribution in [2.75, 3.05) is 0 Å². The summed E-state index contributed by atoms with van der Waals surface area (Å²) in [5.41, 5.74) is 7.18. The Balaban J connectivity index is 1.97. The highest BCUT2D eigenvalue weighted by Gasteiger charge is 2.15. The number of thiazole rings is 1. The first kappa shape index (κ1) is 15.9. The van der Waals surface area contributed by atoms with E-state index in [0.29, 0.717) is 17.1 Å². The number of rotatable bonds is 5. The van der Waals surface area contributed by atoms with Crippen molar-refractivity contribution < 1.29 is 4.79 Å². The van der Waals surface area contributed by atoms with E-state index in [-0.39, 0.29) is 18.0 Å². The van der Waals surface area contributed by atoms with Crippen molar-refractivity contribution in [3.05, 3.63) is 50.9 Å². The zero-order chi connectivity index (χ0) is 15.4. The first-order valence-corrected chi connectivity index (χ1v) is 7.98. The van der Waals surface area contributed by atoms with E-state index in [1.165, 1.54) is 11.3 Å². The van der Waals surface area contributed by atoms with Gasteiger partial charge in [-0.15, -0.1) is 11.3 Å². The van der Waals surface area contributed by atoms with E-state index in [1.54, 1.807) is 5.38 Å². The lowest BCUT2D eigenvalue weighted by molar-refractivity contribution is 0.0935. The molecule has 2 aromatic rings. The Kier molecular flexibility index (Phi) is 5.33. The molecule has 0 spiro atoms. The molecule has 21 heavy (non-hydrogen) atoms. The normalized spacial score (nSPS) is 13.7. The third-order valence-corrected chi connectivity index (χ3v) is 4.42. The van der Waals surface area contributed by atoms with E-state index in [1.807, 2.05) is 38.1 Å². The van der Waals surface area contributed by atoms with Crippen LogP contribution < -0.4 is 11.1 Å². The van der Waals surface area contributed by atoms with Gasteiger partial charge in [-0.3, -0.25) is 4.79 Å². The molecule has 1 amide bonds. The van der Waals surface area contributed by atoms with Gasteiger partial charge in [0.05, 0.1) is 6.04 Å². The third kappa shape index (κ3) is 4.27. The molecule has 0 saturated heterocycles. The predicted octanol–water partition coefficient (Wildman–Crippen LogP) is 3.18. The van der Waals surface area contributed by atoms with Gasteiger partial charge in [-0.1, -0.05) is 29.8 Å².